The molecule has 0 saturated heterocycles. The van der Waals surface area contributed by atoms with E-state index in [1.165, 1.54) is 31.0 Å². The molecule has 2 rings (SSSR count). The van der Waals surface area contributed by atoms with Crippen LogP contribution in [0.3, 0.4) is 0 Å². The molecule has 0 spiro atoms. The summed E-state index contributed by atoms with van der Waals surface area (Å²) in [5, 5.41) is 9.58. The van der Waals surface area contributed by atoms with Gasteiger partial charge in [0.15, 0.2) is 5.16 Å². The topological polar surface area (TPSA) is 55.1 Å². The van der Waals surface area contributed by atoms with Crippen LogP contribution < -0.4 is 0 Å². The summed E-state index contributed by atoms with van der Waals surface area (Å²) < 4.78 is 2.51. The number of hydrogen-bond acceptors (Lipinski definition) is 4. The second-order valence-electron chi connectivity index (χ2n) is 4.69. The lowest BCUT2D eigenvalue weighted by molar-refractivity contribution is -0.133. The fourth-order valence-electron chi connectivity index (χ4n) is 2.16. The van der Waals surface area contributed by atoms with Gasteiger partial charge >= 0.3 is 5.97 Å². The maximum Gasteiger partial charge on any atom is 0.313 e. The number of hydrogen-bond donors (Lipinski definition) is 1. The van der Waals surface area contributed by atoms with Crippen molar-refractivity contribution in [2.24, 2.45) is 0 Å². The Morgan fingerprint density at radius 1 is 1.61 bits per heavy atom. The van der Waals surface area contributed by atoms with Crippen LogP contribution in [0.2, 0.25) is 0 Å². The first kappa shape index (κ1) is 13.8. The molecule has 1 aliphatic rings. The summed E-state index contributed by atoms with van der Waals surface area (Å²) in [4.78, 5) is 15.0. The van der Waals surface area contributed by atoms with Crippen molar-refractivity contribution in [2.75, 3.05) is 12.0 Å². The molecule has 1 N–H and O–H groups in total. The summed E-state index contributed by atoms with van der Waals surface area (Å²) in [6.07, 6.45) is 7.78. The number of imidazole rings is 1. The van der Waals surface area contributed by atoms with E-state index >= 15 is 0 Å². The highest BCUT2D eigenvalue weighted by Crippen LogP contribution is 2.44. The highest BCUT2D eigenvalue weighted by Gasteiger charge is 2.37. The van der Waals surface area contributed by atoms with Crippen molar-refractivity contribution in [1.29, 1.82) is 0 Å². The minimum Gasteiger partial charge on any atom is -0.481 e. The van der Waals surface area contributed by atoms with Gasteiger partial charge < -0.3 is 9.67 Å². The Morgan fingerprint density at radius 3 is 2.83 bits per heavy atom. The lowest BCUT2D eigenvalue weighted by Gasteiger charge is -2.41. The zero-order valence-corrected chi connectivity index (χ0v) is 12.3. The van der Waals surface area contributed by atoms with Crippen LogP contribution in [0.5, 0.6) is 0 Å². The number of carboxylic acid groups (broad SMARTS) is 1. The van der Waals surface area contributed by atoms with Crippen LogP contribution in [-0.4, -0.2) is 37.4 Å². The molecule has 1 fully saturated rings. The number of aryl methyl sites for hydroxylation is 1. The molecule has 0 radical (unpaired) electrons. The predicted octanol–water partition coefficient (Wildman–Crippen LogP) is 2.65. The molecule has 18 heavy (non-hydrogen) atoms. The van der Waals surface area contributed by atoms with E-state index in [-0.39, 0.29) is 5.75 Å². The quantitative estimate of drug-likeness (QED) is 0.815. The van der Waals surface area contributed by atoms with Gasteiger partial charge in [-0.25, -0.2) is 4.98 Å². The third-order valence-corrected chi connectivity index (χ3v) is 5.87. The number of thioether (sulfide) groups is 2. The average Bonchev–Trinajstić information content (AvgIpc) is 2.62. The van der Waals surface area contributed by atoms with Gasteiger partial charge in [0.1, 0.15) is 0 Å². The van der Waals surface area contributed by atoms with Crippen molar-refractivity contribution >= 4 is 29.5 Å². The first-order chi connectivity index (χ1) is 8.56. The fraction of sp³-hybridized carbons (Fsp3) is 0.667. The Morgan fingerprint density at radius 2 is 2.33 bits per heavy atom. The van der Waals surface area contributed by atoms with Crippen LogP contribution in [0.15, 0.2) is 11.4 Å². The monoisotopic (exact) mass is 286 g/mol. The number of aliphatic carboxylic acids is 1. The Kier molecular flexibility index (Phi) is 4.27. The maximum absolute atomic E-state index is 10.6. The molecule has 1 aromatic heterocycles. The summed E-state index contributed by atoms with van der Waals surface area (Å²) in [5.41, 5.74) is 1.11. The molecule has 0 aliphatic heterocycles. The van der Waals surface area contributed by atoms with E-state index in [0.717, 1.165) is 17.4 Å². The Bertz CT molecular complexity index is 436. The van der Waals surface area contributed by atoms with Crippen molar-refractivity contribution in [2.45, 2.75) is 42.6 Å². The van der Waals surface area contributed by atoms with Crippen molar-refractivity contribution in [3.8, 4) is 0 Å². The highest BCUT2D eigenvalue weighted by atomic mass is 32.2. The zero-order chi connectivity index (χ0) is 13.2. The third-order valence-electron chi connectivity index (χ3n) is 3.49. The molecule has 0 atom stereocenters. The van der Waals surface area contributed by atoms with Crippen LogP contribution in [0.25, 0.3) is 0 Å². The van der Waals surface area contributed by atoms with E-state index < -0.39 is 5.97 Å². The number of nitrogens with zero attached hydrogens (tertiary/aromatic N) is 2. The summed E-state index contributed by atoms with van der Waals surface area (Å²) in [6, 6.07) is 0. The van der Waals surface area contributed by atoms with E-state index in [0.29, 0.717) is 4.75 Å². The molecule has 100 valence electrons. The first-order valence-electron chi connectivity index (χ1n) is 5.98. The van der Waals surface area contributed by atoms with Gasteiger partial charge in [0.2, 0.25) is 0 Å². The van der Waals surface area contributed by atoms with Gasteiger partial charge in [-0.2, -0.15) is 11.8 Å². The maximum atomic E-state index is 10.6. The van der Waals surface area contributed by atoms with E-state index in [1.807, 2.05) is 24.9 Å². The number of aromatic nitrogens is 2. The Labute approximate surface area is 116 Å². The van der Waals surface area contributed by atoms with E-state index in [1.54, 1.807) is 0 Å². The molecule has 0 unspecified atom stereocenters. The largest absolute Gasteiger partial charge is 0.481 e. The lowest BCUT2D eigenvalue weighted by atomic mass is 9.84. The van der Waals surface area contributed by atoms with Gasteiger partial charge in [0.25, 0.3) is 0 Å². The van der Waals surface area contributed by atoms with Crippen LogP contribution in [0, 0.1) is 6.92 Å². The van der Waals surface area contributed by atoms with Crippen LogP contribution >= 0.6 is 23.5 Å². The molecule has 0 amide bonds. The molecule has 1 heterocycles. The molecule has 1 aromatic rings. The summed E-state index contributed by atoms with van der Waals surface area (Å²) in [6.45, 7) is 2.98. The van der Waals surface area contributed by atoms with E-state index in [4.69, 9.17) is 5.11 Å². The van der Waals surface area contributed by atoms with Gasteiger partial charge in [-0.1, -0.05) is 18.2 Å². The normalized spacial score (nSPS) is 17.4. The molecule has 1 saturated carbocycles. The average molecular weight is 286 g/mol. The van der Waals surface area contributed by atoms with Crippen LogP contribution in [-0.2, 0) is 11.3 Å². The van der Waals surface area contributed by atoms with E-state index in [9.17, 15) is 4.79 Å². The van der Waals surface area contributed by atoms with Gasteiger partial charge in [-0.3, -0.25) is 4.79 Å². The van der Waals surface area contributed by atoms with Gasteiger partial charge in [-0.05, 0) is 26.0 Å². The second kappa shape index (κ2) is 5.57. The minimum absolute atomic E-state index is 0.0721. The van der Waals surface area contributed by atoms with Gasteiger partial charge in [-0.15, -0.1) is 0 Å². The SMILES string of the molecule is CSC1(Cn2c(C)cnc2SCC(=O)O)CCC1. The predicted molar refractivity (Wildman–Crippen MR) is 75.4 cm³/mol. The number of carboxylic acids is 1. The zero-order valence-electron chi connectivity index (χ0n) is 10.7. The standard InChI is InChI=1S/C12H18N2O2S2/c1-9-6-13-11(18-7-10(15)16)14(9)8-12(17-2)4-3-5-12/h6H,3-5,7-8H2,1-2H3,(H,15,16). The van der Waals surface area contributed by atoms with Crippen LogP contribution in [0.1, 0.15) is 25.0 Å². The Hall–Kier alpha value is -0.620. The van der Waals surface area contributed by atoms with Gasteiger partial charge in [0.05, 0.1) is 5.75 Å². The smallest absolute Gasteiger partial charge is 0.313 e. The molecule has 0 aromatic carbocycles. The number of rotatable bonds is 6. The molecule has 6 heteroatoms. The van der Waals surface area contributed by atoms with Crippen molar-refractivity contribution in [1.82, 2.24) is 9.55 Å². The summed E-state index contributed by atoms with van der Waals surface area (Å²) >= 11 is 3.23. The second-order valence-corrected chi connectivity index (χ2v) is 6.91. The summed E-state index contributed by atoms with van der Waals surface area (Å²) in [5.74, 6) is -0.724. The van der Waals surface area contributed by atoms with Crippen LogP contribution in [0.4, 0.5) is 0 Å². The number of carbonyl (C=O) groups is 1. The molecule has 0 bridgehead atoms. The first-order valence-corrected chi connectivity index (χ1v) is 8.19. The fourth-order valence-corrected chi connectivity index (χ4v) is 3.86. The van der Waals surface area contributed by atoms with Crippen molar-refractivity contribution in [3.05, 3.63) is 11.9 Å². The highest BCUT2D eigenvalue weighted by molar-refractivity contribution is 8.00. The molecular formula is C12H18N2O2S2. The Balaban J connectivity index is 2.11. The van der Waals surface area contributed by atoms with Crippen molar-refractivity contribution in [3.63, 3.8) is 0 Å². The molecular weight excluding hydrogens is 268 g/mol. The van der Waals surface area contributed by atoms with E-state index in [2.05, 4.69) is 15.8 Å². The summed E-state index contributed by atoms with van der Waals surface area (Å²) in [7, 11) is 0. The molecule has 4 nitrogen and oxygen atoms in total. The lowest BCUT2D eigenvalue weighted by Crippen LogP contribution is -2.38. The molecule has 1 aliphatic carbocycles. The van der Waals surface area contributed by atoms with Gasteiger partial charge in [0, 0.05) is 23.2 Å². The van der Waals surface area contributed by atoms with Crippen molar-refractivity contribution < 1.29 is 9.90 Å². The third kappa shape index (κ3) is 2.85. The minimum atomic E-state index is -0.796.